The predicted octanol–water partition coefficient (Wildman–Crippen LogP) is 5.13. The summed E-state index contributed by atoms with van der Waals surface area (Å²) in [5.74, 6) is -1.98. The van der Waals surface area contributed by atoms with E-state index in [-0.39, 0.29) is 33.3 Å². The molecule has 1 aliphatic rings. The van der Waals surface area contributed by atoms with Gasteiger partial charge in [0.25, 0.3) is 11.7 Å². The molecular formula is C26H21ClFNO6. The molecule has 1 amide bonds. The van der Waals surface area contributed by atoms with Crippen LogP contribution in [0.2, 0.25) is 5.02 Å². The third-order valence-electron chi connectivity index (χ3n) is 5.69. The quantitative estimate of drug-likeness (QED) is 0.289. The summed E-state index contributed by atoms with van der Waals surface area (Å²) in [6, 6.07) is 13.7. The highest BCUT2D eigenvalue weighted by Crippen LogP contribution is 2.45. The summed E-state index contributed by atoms with van der Waals surface area (Å²) in [6.45, 7) is 0. The van der Waals surface area contributed by atoms with Gasteiger partial charge >= 0.3 is 0 Å². The molecule has 0 spiro atoms. The average molecular weight is 498 g/mol. The number of ether oxygens (including phenoxy) is 3. The summed E-state index contributed by atoms with van der Waals surface area (Å²) in [4.78, 5) is 27.7. The molecule has 1 N–H and O–H groups in total. The number of aliphatic hydroxyl groups excluding tert-OH is 1. The highest BCUT2D eigenvalue weighted by Gasteiger charge is 2.47. The first-order chi connectivity index (χ1) is 16.8. The number of aliphatic hydroxyl groups is 1. The molecule has 7 nitrogen and oxygen atoms in total. The first-order valence-electron chi connectivity index (χ1n) is 10.4. The normalized spacial score (nSPS) is 16.9. The van der Waals surface area contributed by atoms with Gasteiger partial charge in [-0.2, -0.15) is 0 Å². The zero-order valence-electron chi connectivity index (χ0n) is 19.0. The first-order valence-corrected chi connectivity index (χ1v) is 10.8. The Hall–Kier alpha value is -4.04. The van der Waals surface area contributed by atoms with Gasteiger partial charge in [0.15, 0.2) is 0 Å². The monoisotopic (exact) mass is 497 g/mol. The highest BCUT2D eigenvalue weighted by molar-refractivity contribution is 6.51. The molecule has 9 heteroatoms. The Morgan fingerprint density at radius 2 is 1.63 bits per heavy atom. The molecule has 1 unspecified atom stereocenters. The summed E-state index contributed by atoms with van der Waals surface area (Å²) in [5.41, 5.74) is 0.555. The van der Waals surface area contributed by atoms with Crippen molar-refractivity contribution in [3.05, 3.63) is 88.2 Å². The minimum Gasteiger partial charge on any atom is -0.507 e. The van der Waals surface area contributed by atoms with Crippen molar-refractivity contribution in [2.24, 2.45) is 0 Å². The summed E-state index contributed by atoms with van der Waals surface area (Å²) in [7, 11) is 4.28. The number of halogens is 2. The van der Waals surface area contributed by atoms with Crippen molar-refractivity contribution >= 4 is 34.7 Å². The molecule has 3 aromatic rings. The molecule has 1 saturated heterocycles. The molecule has 1 fully saturated rings. The number of rotatable bonds is 6. The smallest absolute Gasteiger partial charge is 0.300 e. The lowest BCUT2D eigenvalue weighted by molar-refractivity contribution is -0.132. The van der Waals surface area contributed by atoms with E-state index >= 15 is 0 Å². The van der Waals surface area contributed by atoms with Crippen LogP contribution in [0.25, 0.3) is 5.76 Å². The van der Waals surface area contributed by atoms with Crippen molar-refractivity contribution in [1.29, 1.82) is 0 Å². The van der Waals surface area contributed by atoms with E-state index < -0.39 is 29.3 Å². The Kier molecular flexibility index (Phi) is 6.66. The molecule has 4 rings (SSSR count). The van der Waals surface area contributed by atoms with E-state index in [1.165, 1.54) is 51.7 Å². The molecule has 0 saturated carbocycles. The lowest BCUT2D eigenvalue weighted by atomic mass is 9.94. The van der Waals surface area contributed by atoms with Crippen LogP contribution in [0.4, 0.5) is 10.1 Å². The molecule has 0 aliphatic carbocycles. The van der Waals surface area contributed by atoms with Crippen molar-refractivity contribution in [3.8, 4) is 17.2 Å². The van der Waals surface area contributed by atoms with E-state index in [9.17, 15) is 19.1 Å². The standard InChI is InChI=1S/C26H21ClFNO6/c1-33-17-9-7-14(8-10-17)23-22(24(30)18-12-21(35-3)19(27)13-20(18)34-2)25(31)26(32)29(23)16-6-4-5-15(28)11-16/h4-13,23,30H,1-3H3/b24-22+. The van der Waals surface area contributed by atoms with Crippen LogP contribution >= 0.6 is 11.6 Å². The molecule has 0 radical (unpaired) electrons. The Bertz CT molecular complexity index is 1340. The molecule has 1 atom stereocenters. The maximum atomic E-state index is 14.1. The molecule has 1 aliphatic heterocycles. The van der Waals surface area contributed by atoms with E-state index in [1.807, 2.05) is 0 Å². The topological polar surface area (TPSA) is 85.3 Å². The molecule has 1 heterocycles. The van der Waals surface area contributed by atoms with Crippen molar-refractivity contribution in [1.82, 2.24) is 0 Å². The SMILES string of the molecule is COc1ccc(C2/C(=C(\O)c3cc(OC)c(Cl)cc3OC)C(=O)C(=O)N2c2cccc(F)c2)cc1. The summed E-state index contributed by atoms with van der Waals surface area (Å²) in [5, 5.41) is 11.6. The number of carbonyl (C=O) groups excluding carboxylic acids is 2. The van der Waals surface area contributed by atoms with Crippen molar-refractivity contribution < 1.29 is 33.3 Å². The Balaban J connectivity index is 1.99. The second kappa shape index (κ2) is 9.68. The number of Topliss-reactive ketones (excluding diaryl/α,β-unsaturated/α-hetero) is 1. The van der Waals surface area contributed by atoms with Gasteiger partial charge in [0, 0.05) is 11.8 Å². The van der Waals surface area contributed by atoms with Crippen LogP contribution < -0.4 is 19.1 Å². The van der Waals surface area contributed by atoms with Gasteiger partial charge < -0.3 is 19.3 Å². The van der Waals surface area contributed by atoms with E-state index in [0.717, 1.165) is 11.0 Å². The lowest BCUT2D eigenvalue weighted by Gasteiger charge is -2.25. The molecular weight excluding hydrogens is 477 g/mol. The van der Waals surface area contributed by atoms with Crippen molar-refractivity contribution in [2.75, 3.05) is 26.2 Å². The van der Waals surface area contributed by atoms with E-state index in [1.54, 1.807) is 24.3 Å². The average Bonchev–Trinajstić information content (AvgIpc) is 3.13. The van der Waals surface area contributed by atoms with Crippen molar-refractivity contribution in [3.63, 3.8) is 0 Å². The van der Waals surface area contributed by atoms with Crippen LogP contribution in [0.15, 0.2) is 66.2 Å². The molecule has 3 aromatic carbocycles. The molecule has 180 valence electrons. The number of amides is 1. The fraction of sp³-hybridized carbons (Fsp3) is 0.154. The molecule has 0 aromatic heterocycles. The maximum absolute atomic E-state index is 14.1. The van der Waals surface area contributed by atoms with Crippen LogP contribution in [-0.4, -0.2) is 38.1 Å². The number of nitrogens with zero attached hydrogens (tertiary/aromatic N) is 1. The van der Waals surface area contributed by atoms with Gasteiger partial charge in [-0.15, -0.1) is 0 Å². The molecule has 35 heavy (non-hydrogen) atoms. The first kappa shape index (κ1) is 24.1. The zero-order chi connectivity index (χ0) is 25.3. The number of methoxy groups -OCH3 is 3. The third-order valence-corrected chi connectivity index (χ3v) is 5.99. The largest absolute Gasteiger partial charge is 0.507 e. The van der Waals surface area contributed by atoms with E-state index in [4.69, 9.17) is 25.8 Å². The summed E-state index contributed by atoms with van der Waals surface area (Å²) in [6.07, 6.45) is 0. The van der Waals surface area contributed by atoms with Gasteiger partial charge in [0.2, 0.25) is 0 Å². The fourth-order valence-electron chi connectivity index (χ4n) is 4.02. The van der Waals surface area contributed by atoms with Gasteiger partial charge in [-0.05, 0) is 42.0 Å². The number of hydrogen-bond donors (Lipinski definition) is 1. The Labute approximate surface area is 205 Å². The second-order valence-electron chi connectivity index (χ2n) is 7.61. The van der Waals surface area contributed by atoms with Crippen molar-refractivity contribution in [2.45, 2.75) is 6.04 Å². The molecule has 0 bridgehead atoms. The van der Waals surface area contributed by atoms with Gasteiger partial charge in [-0.3, -0.25) is 14.5 Å². The zero-order valence-corrected chi connectivity index (χ0v) is 19.8. The van der Waals surface area contributed by atoms with E-state index in [0.29, 0.717) is 11.3 Å². The van der Waals surface area contributed by atoms with Crippen LogP contribution in [-0.2, 0) is 9.59 Å². The Morgan fingerprint density at radius 1 is 0.943 bits per heavy atom. The number of hydrogen-bond acceptors (Lipinski definition) is 6. The minimum absolute atomic E-state index is 0.101. The summed E-state index contributed by atoms with van der Waals surface area (Å²) >= 11 is 6.19. The van der Waals surface area contributed by atoms with Crippen LogP contribution in [0.3, 0.4) is 0 Å². The summed E-state index contributed by atoms with van der Waals surface area (Å²) < 4.78 is 29.9. The second-order valence-corrected chi connectivity index (χ2v) is 8.02. The third kappa shape index (κ3) is 4.28. The minimum atomic E-state index is -1.06. The van der Waals surface area contributed by atoms with Gasteiger partial charge in [0.05, 0.1) is 43.5 Å². The van der Waals surface area contributed by atoms with Crippen LogP contribution in [0.1, 0.15) is 17.2 Å². The number of benzene rings is 3. The highest BCUT2D eigenvalue weighted by atomic mass is 35.5. The lowest BCUT2D eigenvalue weighted by Crippen LogP contribution is -2.29. The van der Waals surface area contributed by atoms with Gasteiger partial charge in [-0.25, -0.2) is 4.39 Å². The van der Waals surface area contributed by atoms with Crippen LogP contribution in [0.5, 0.6) is 17.2 Å². The van der Waals surface area contributed by atoms with Crippen LogP contribution in [0, 0.1) is 5.82 Å². The van der Waals surface area contributed by atoms with Gasteiger partial charge in [0.1, 0.15) is 28.8 Å². The maximum Gasteiger partial charge on any atom is 0.300 e. The predicted molar refractivity (Wildman–Crippen MR) is 129 cm³/mol. The van der Waals surface area contributed by atoms with Gasteiger partial charge in [-0.1, -0.05) is 29.8 Å². The number of ketones is 1. The number of anilines is 1. The number of carbonyl (C=O) groups is 2. The Morgan fingerprint density at radius 3 is 2.23 bits per heavy atom. The van der Waals surface area contributed by atoms with E-state index in [2.05, 4.69) is 0 Å². The fourth-order valence-corrected chi connectivity index (χ4v) is 4.25.